The van der Waals surface area contributed by atoms with Crippen molar-refractivity contribution in [2.24, 2.45) is 0 Å². The van der Waals surface area contributed by atoms with Crippen molar-refractivity contribution < 1.29 is 9.18 Å². The highest BCUT2D eigenvalue weighted by molar-refractivity contribution is 6.04. The highest BCUT2D eigenvalue weighted by Gasteiger charge is 2.08. The van der Waals surface area contributed by atoms with Gasteiger partial charge in [0.05, 0.1) is 5.56 Å². The van der Waals surface area contributed by atoms with E-state index in [1.165, 1.54) is 18.3 Å². The summed E-state index contributed by atoms with van der Waals surface area (Å²) in [5.41, 5.74) is 1.73. The van der Waals surface area contributed by atoms with Crippen molar-refractivity contribution in [2.75, 3.05) is 17.2 Å². The molecule has 0 aliphatic rings. The molecule has 0 aliphatic carbocycles. The van der Waals surface area contributed by atoms with Gasteiger partial charge in [-0.1, -0.05) is 6.92 Å². The molecule has 0 fully saturated rings. The first-order chi connectivity index (χ1) is 10.1. The molecule has 2 N–H and O–H groups in total. The Labute approximate surface area is 123 Å². The van der Waals surface area contributed by atoms with Crippen molar-refractivity contribution in [2.45, 2.75) is 20.3 Å². The average molecular weight is 287 g/mol. The molecule has 1 heterocycles. The minimum Gasteiger partial charge on any atom is -0.370 e. The van der Waals surface area contributed by atoms with Crippen molar-refractivity contribution in [3.8, 4) is 0 Å². The zero-order valence-electron chi connectivity index (χ0n) is 12.1. The number of hydrogen-bond acceptors (Lipinski definition) is 3. The summed E-state index contributed by atoms with van der Waals surface area (Å²) in [6.45, 7) is 4.65. The predicted octanol–water partition coefficient (Wildman–Crippen LogP) is 3.60. The lowest BCUT2D eigenvalue weighted by molar-refractivity contribution is 0.102. The van der Waals surface area contributed by atoms with Gasteiger partial charge in [0.25, 0.3) is 5.91 Å². The molecular weight excluding hydrogens is 269 g/mol. The number of halogens is 1. The van der Waals surface area contributed by atoms with Gasteiger partial charge in [0, 0.05) is 18.4 Å². The lowest BCUT2D eigenvalue weighted by atomic mass is 10.2. The normalized spacial score (nSPS) is 10.2. The van der Waals surface area contributed by atoms with Gasteiger partial charge in [-0.25, -0.2) is 9.37 Å². The van der Waals surface area contributed by atoms with Gasteiger partial charge in [-0.15, -0.1) is 0 Å². The molecule has 0 radical (unpaired) electrons. The second kappa shape index (κ2) is 6.83. The van der Waals surface area contributed by atoms with E-state index in [2.05, 4.69) is 22.5 Å². The van der Waals surface area contributed by atoms with Gasteiger partial charge in [0.1, 0.15) is 11.6 Å². The van der Waals surface area contributed by atoms with Gasteiger partial charge < -0.3 is 10.6 Å². The van der Waals surface area contributed by atoms with Gasteiger partial charge in [0.2, 0.25) is 0 Å². The summed E-state index contributed by atoms with van der Waals surface area (Å²) in [4.78, 5) is 16.3. The molecule has 1 aromatic carbocycles. The second-order valence-corrected chi connectivity index (χ2v) is 4.77. The SMILES string of the molecule is CCCNc1ccc(C(=O)Nc2ccc(F)cc2C)cn1. The van der Waals surface area contributed by atoms with Crippen molar-refractivity contribution in [1.29, 1.82) is 0 Å². The summed E-state index contributed by atoms with van der Waals surface area (Å²) in [5.74, 6) is 0.157. The summed E-state index contributed by atoms with van der Waals surface area (Å²) >= 11 is 0. The van der Waals surface area contributed by atoms with E-state index >= 15 is 0 Å². The van der Waals surface area contributed by atoms with E-state index < -0.39 is 0 Å². The Morgan fingerprint density at radius 2 is 2.10 bits per heavy atom. The van der Waals surface area contributed by atoms with Gasteiger partial charge in [0.15, 0.2) is 0 Å². The third-order valence-corrected chi connectivity index (χ3v) is 3.02. The van der Waals surface area contributed by atoms with Crippen LogP contribution in [0.4, 0.5) is 15.9 Å². The molecule has 4 nitrogen and oxygen atoms in total. The van der Waals surface area contributed by atoms with Gasteiger partial charge in [-0.2, -0.15) is 0 Å². The standard InChI is InChI=1S/C16H18FN3O/c1-3-8-18-15-7-4-12(10-19-15)16(21)20-14-6-5-13(17)9-11(14)2/h4-7,9-10H,3,8H2,1-2H3,(H,18,19)(H,20,21). The first kappa shape index (κ1) is 15.0. The molecule has 2 aromatic rings. The molecule has 1 amide bonds. The molecule has 0 atom stereocenters. The molecule has 1 aromatic heterocycles. The Bertz CT molecular complexity index is 626. The molecule has 110 valence electrons. The van der Waals surface area contributed by atoms with Crippen LogP contribution < -0.4 is 10.6 Å². The molecule has 0 saturated carbocycles. The quantitative estimate of drug-likeness (QED) is 0.883. The van der Waals surface area contributed by atoms with Gasteiger partial charge in [-0.3, -0.25) is 4.79 Å². The van der Waals surface area contributed by atoms with Crippen LogP contribution in [0.3, 0.4) is 0 Å². The fourth-order valence-corrected chi connectivity index (χ4v) is 1.85. The van der Waals surface area contributed by atoms with Gasteiger partial charge in [-0.05, 0) is 49.2 Å². The Kier molecular flexibility index (Phi) is 4.87. The number of rotatable bonds is 5. The van der Waals surface area contributed by atoms with Crippen LogP contribution in [0.5, 0.6) is 0 Å². The topological polar surface area (TPSA) is 54.0 Å². The molecular formula is C16H18FN3O. The Morgan fingerprint density at radius 3 is 2.71 bits per heavy atom. The minimum absolute atomic E-state index is 0.265. The summed E-state index contributed by atoms with van der Waals surface area (Å²) in [5, 5.41) is 5.89. The maximum absolute atomic E-state index is 13.0. The highest BCUT2D eigenvalue weighted by Crippen LogP contribution is 2.17. The first-order valence-electron chi connectivity index (χ1n) is 6.87. The molecule has 0 saturated heterocycles. The van der Waals surface area contributed by atoms with Crippen LogP contribution in [0.15, 0.2) is 36.5 Å². The van der Waals surface area contributed by atoms with E-state index in [1.54, 1.807) is 25.1 Å². The largest absolute Gasteiger partial charge is 0.370 e. The van der Waals surface area contributed by atoms with E-state index in [-0.39, 0.29) is 11.7 Å². The maximum Gasteiger partial charge on any atom is 0.257 e. The van der Waals surface area contributed by atoms with Crippen LogP contribution in [0.2, 0.25) is 0 Å². The van der Waals surface area contributed by atoms with Crippen molar-refractivity contribution in [3.63, 3.8) is 0 Å². The third kappa shape index (κ3) is 4.02. The Morgan fingerprint density at radius 1 is 1.29 bits per heavy atom. The Balaban J connectivity index is 2.06. The van der Waals surface area contributed by atoms with Crippen molar-refractivity contribution in [3.05, 3.63) is 53.5 Å². The van der Waals surface area contributed by atoms with Gasteiger partial charge >= 0.3 is 0 Å². The molecule has 21 heavy (non-hydrogen) atoms. The number of carbonyl (C=O) groups excluding carboxylic acids is 1. The minimum atomic E-state index is -0.321. The molecule has 0 aliphatic heterocycles. The van der Waals surface area contributed by atoms with Crippen LogP contribution in [0, 0.1) is 12.7 Å². The summed E-state index contributed by atoms with van der Waals surface area (Å²) in [6.07, 6.45) is 2.53. The summed E-state index contributed by atoms with van der Waals surface area (Å²) in [7, 11) is 0. The predicted molar refractivity (Wildman–Crippen MR) is 82.1 cm³/mol. The lowest BCUT2D eigenvalue weighted by Gasteiger charge is -2.09. The number of pyridine rings is 1. The fourth-order valence-electron chi connectivity index (χ4n) is 1.85. The van der Waals surface area contributed by atoms with E-state index in [0.717, 1.165) is 18.8 Å². The van der Waals surface area contributed by atoms with Crippen LogP contribution in [0.25, 0.3) is 0 Å². The summed E-state index contributed by atoms with van der Waals surface area (Å²) < 4.78 is 13.0. The van der Waals surface area contributed by atoms with Crippen molar-refractivity contribution >= 4 is 17.4 Å². The van der Waals surface area contributed by atoms with E-state index in [4.69, 9.17) is 0 Å². The third-order valence-electron chi connectivity index (χ3n) is 3.02. The maximum atomic E-state index is 13.0. The van der Waals surface area contributed by atoms with Crippen molar-refractivity contribution in [1.82, 2.24) is 4.98 Å². The number of benzene rings is 1. The summed E-state index contributed by atoms with van der Waals surface area (Å²) in [6, 6.07) is 7.72. The number of aromatic nitrogens is 1. The molecule has 0 spiro atoms. The number of carbonyl (C=O) groups is 1. The second-order valence-electron chi connectivity index (χ2n) is 4.77. The van der Waals surface area contributed by atoms with Crippen LogP contribution in [-0.4, -0.2) is 17.4 Å². The Hall–Kier alpha value is -2.43. The zero-order chi connectivity index (χ0) is 15.2. The number of anilines is 2. The number of nitrogens with one attached hydrogen (secondary N) is 2. The van der Waals surface area contributed by atoms with E-state index in [9.17, 15) is 9.18 Å². The molecule has 0 bridgehead atoms. The van der Waals surface area contributed by atoms with Crippen LogP contribution in [-0.2, 0) is 0 Å². The lowest BCUT2D eigenvalue weighted by Crippen LogP contribution is -2.13. The highest BCUT2D eigenvalue weighted by atomic mass is 19.1. The monoisotopic (exact) mass is 287 g/mol. The molecule has 0 unspecified atom stereocenters. The van der Waals surface area contributed by atoms with E-state index in [1.807, 2.05) is 0 Å². The average Bonchev–Trinajstić information content (AvgIpc) is 2.48. The number of amides is 1. The fraction of sp³-hybridized carbons (Fsp3) is 0.250. The van der Waals surface area contributed by atoms with E-state index in [0.29, 0.717) is 16.8 Å². The molecule has 5 heteroatoms. The smallest absolute Gasteiger partial charge is 0.257 e. The zero-order valence-corrected chi connectivity index (χ0v) is 12.1. The number of hydrogen-bond donors (Lipinski definition) is 2. The molecule has 2 rings (SSSR count). The van der Waals surface area contributed by atoms with Crippen LogP contribution >= 0.6 is 0 Å². The van der Waals surface area contributed by atoms with Crippen LogP contribution in [0.1, 0.15) is 29.3 Å². The first-order valence-corrected chi connectivity index (χ1v) is 6.87. The number of nitrogens with zero attached hydrogens (tertiary/aromatic N) is 1. The number of aryl methyl sites for hydroxylation is 1.